The van der Waals surface area contributed by atoms with Crippen LogP contribution in [0.5, 0.6) is 0 Å². The molecule has 0 aromatic heterocycles. The van der Waals surface area contributed by atoms with Gasteiger partial charge >= 0.3 is 0 Å². The standard InChI is InChI=1S/C19H30N2O/c1-13(2)10-17-6-8-18(9-7-17)15(4)16(5)20-12-19-11-14(3)21-22-19/h6-9,13,15-16,19-20H,10-12H2,1-5H3. The smallest absolute Gasteiger partial charge is 0.145 e. The zero-order valence-electron chi connectivity index (χ0n) is 14.6. The molecular formula is C19H30N2O. The highest BCUT2D eigenvalue weighted by atomic mass is 16.6. The molecule has 3 atom stereocenters. The van der Waals surface area contributed by atoms with E-state index in [4.69, 9.17) is 4.84 Å². The Kier molecular flexibility index (Phi) is 6.01. The van der Waals surface area contributed by atoms with Crippen molar-refractivity contribution in [2.45, 2.75) is 65.5 Å². The molecule has 0 aliphatic carbocycles. The first-order valence-electron chi connectivity index (χ1n) is 8.47. The molecule has 3 unspecified atom stereocenters. The highest BCUT2D eigenvalue weighted by molar-refractivity contribution is 5.82. The van der Waals surface area contributed by atoms with E-state index >= 15 is 0 Å². The number of oxime groups is 1. The second-order valence-electron chi connectivity index (χ2n) is 7.08. The molecule has 1 aromatic carbocycles. The Morgan fingerprint density at radius 2 is 1.86 bits per heavy atom. The fourth-order valence-corrected chi connectivity index (χ4v) is 2.89. The topological polar surface area (TPSA) is 33.6 Å². The van der Waals surface area contributed by atoms with Crippen LogP contribution in [0.3, 0.4) is 0 Å². The van der Waals surface area contributed by atoms with E-state index in [0.29, 0.717) is 17.9 Å². The molecule has 0 amide bonds. The van der Waals surface area contributed by atoms with Crippen molar-refractivity contribution in [1.82, 2.24) is 5.32 Å². The van der Waals surface area contributed by atoms with E-state index in [1.165, 1.54) is 11.1 Å². The monoisotopic (exact) mass is 302 g/mol. The van der Waals surface area contributed by atoms with Crippen molar-refractivity contribution in [2.24, 2.45) is 11.1 Å². The zero-order chi connectivity index (χ0) is 16.1. The Balaban J connectivity index is 1.83. The van der Waals surface area contributed by atoms with Crippen LogP contribution in [0.4, 0.5) is 0 Å². The summed E-state index contributed by atoms with van der Waals surface area (Å²) in [4.78, 5) is 5.38. The second-order valence-corrected chi connectivity index (χ2v) is 7.08. The van der Waals surface area contributed by atoms with Gasteiger partial charge in [0.15, 0.2) is 0 Å². The Hall–Kier alpha value is -1.35. The summed E-state index contributed by atoms with van der Waals surface area (Å²) in [5.41, 5.74) is 3.92. The molecule has 1 aliphatic rings. The lowest BCUT2D eigenvalue weighted by molar-refractivity contribution is 0.0825. The average molecular weight is 302 g/mol. The van der Waals surface area contributed by atoms with Gasteiger partial charge in [0.2, 0.25) is 0 Å². The molecule has 1 aliphatic heterocycles. The van der Waals surface area contributed by atoms with Crippen molar-refractivity contribution < 1.29 is 4.84 Å². The van der Waals surface area contributed by atoms with Crippen molar-refractivity contribution in [1.29, 1.82) is 0 Å². The van der Waals surface area contributed by atoms with Crippen LogP contribution >= 0.6 is 0 Å². The van der Waals surface area contributed by atoms with Crippen molar-refractivity contribution in [3.63, 3.8) is 0 Å². The predicted molar refractivity (Wildman–Crippen MR) is 93.5 cm³/mol. The number of hydrogen-bond donors (Lipinski definition) is 1. The summed E-state index contributed by atoms with van der Waals surface area (Å²) in [5.74, 6) is 1.19. The molecule has 0 fully saturated rings. The third-order valence-electron chi connectivity index (χ3n) is 4.45. The van der Waals surface area contributed by atoms with Crippen molar-refractivity contribution >= 4 is 5.71 Å². The van der Waals surface area contributed by atoms with Gasteiger partial charge in [-0.3, -0.25) is 0 Å². The van der Waals surface area contributed by atoms with Gasteiger partial charge in [0.1, 0.15) is 6.10 Å². The first-order chi connectivity index (χ1) is 10.5. The van der Waals surface area contributed by atoms with Crippen LogP contribution in [0.1, 0.15) is 58.1 Å². The quantitative estimate of drug-likeness (QED) is 0.821. The number of hydrogen-bond acceptors (Lipinski definition) is 3. The summed E-state index contributed by atoms with van der Waals surface area (Å²) in [7, 11) is 0. The first kappa shape index (κ1) is 17.0. The molecule has 1 N–H and O–H groups in total. The maximum absolute atomic E-state index is 5.38. The number of rotatable bonds is 7. The summed E-state index contributed by atoms with van der Waals surface area (Å²) in [5, 5.41) is 7.60. The van der Waals surface area contributed by atoms with Gasteiger partial charge < -0.3 is 10.2 Å². The van der Waals surface area contributed by atoms with E-state index in [9.17, 15) is 0 Å². The molecule has 1 aromatic rings. The Labute approximate surface area is 135 Å². The van der Waals surface area contributed by atoms with Gasteiger partial charge in [-0.15, -0.1) is 0 Å². The SMILES string of the molecule is CC1=NOC(CNC(C)C(C)c2ccc(CC(C)C)cc2)C1. The van der Waals surface area contributed by atoms with Crippen LogP contribution in [0.15, 0.2) is 29.4 Å². The van der Waals surface area contributed by atoms with Crippen LogP contribution in [0.2, 0.25) is 0 Å². The minimum absolute atomic E-state index is 0.197. The fraction of sp³-hybridized carbons (Fsp3) is 0.632. The van der Waals surface area contributed by atoms with Gasteiger partial charge in [0, 0.05) is 19.0 Å². The molecule has 3 nitrogen and oxygen atoms in total. The molecule has 1 heterocycles. The number of nitrogens with zero attached hydrogens (tertiary/aromatic N) is 1. The van der Waals surface area contributed by atoms with E-state index < -0.39 is 0 Å². The van der Waals surface area contributed by atoms with E-state index in [-0.39, 0.29) is 6.10 Å². The highest BCUT2D eigenvalue weighted by Crippen LogP contribution is 2.21. The average Bonchev–Trinajstić information content (AvgIpc) is 2.90. The van der Waals surface area contributed by atoms with Crippen molar-refractivity contribution in [2.75, 3.05) is 6.54 Å². The van der Waals surface area contributed by atoms with Crippen molar-refractivity contribution in [3.05, 3.63) is 35.4 Å². The summed E-state index contributed by atoms with van der Waals surface area (Å²) in [6.07, 6.45) is 2.29. The maximum atomic E-state index is 5.38. The highest BCUT2D eigenvalue weighted by Gasteiger charge is 2.20. The molecule has 122 valence electrons. The van der Waals surface area contributed by atoms with Crippen LogP contribution < -0.4 is 5.32 Å². The fourth-order valence-electron chi connectivity index (χ4n) is 2.89. The van der Waals surface area contributed by atoms with Gasteiger partial charge in [-0.25, -0.2) is 0 Å². The molecule has 2 rings (SSSR count). The van der Waals surface area contributed by atoms with Crippen molar-refractivity contribution in [3.8, 4) is 0 Å². The minimum atomic E-state index is 0.197. The Morgan fingerprint density at radius 3 is 2.41 bits per heavy atom. The normalized spacial score (nSPS) is 20.6. The molecule has 0 radical (unpaired) electrons. The minimum Gasteiger partial charge on any atom is -0.391 e. The van der Waals surface area contributed by atoms with E-state index in [1.54, 1.807) is 0 Å². The Bertz CT molecular complexity index is 493. The van der Waals surface area contributed by atoms with E-state index in [0.717, 1.165) is 25.1 Å². The van der Waals surface area contributed by atoms with Gasteiger partial charge in [-0.1, -0.05) is 50.2 Å². The van der Waals surface area contributed by atoms with Crippen LogP contribution in [-0.2, 0) is 11.3 Å². The number of nitrogens with one attached hydrogen (secondary N) is 1. The van der Waals surface area contributed by atoms with Gasteiger partial charge in [-0.05, 0) is 43.2 Å². The molecular weight excluding hydrogens is 272 g/mol. The van der Waals surface area contributed by atoms with E-state index in [1.807, 2.05) is 6.92 Å². The molecule has 0 saturated heterocycles. The predicted octanol–water partition coefficient (Wildman–Crippen LogP) is 4.13. The summed E-state index contributed by atoms with van der Waals surface area (Å²) in [6.45, 7) is 11.9. The van der Waals surface area contributed by atoms with Crippen LogP contribution in [0.25, 0.3) is 0 Å². The largest absolute Gasteiger partial charge is 0.391 e. The van der Waals surface area contributed by atoms with E-state index in [2.05, 4.69) is 62.4 Å². The maximum Gasteiger partial charge on any atom is 0.145 e. The molecule has 3 heteroatoms. The van der Waals surface area contributed by atoms with Crippen LogP contribution in [-0.4, -0.2) is 24.4 Å². The Morgan fingerprint density at radius 1 is 1.18 bits per heavy atom. The molecule has 0 spiro atoms. The lowest BCUT2D eigenvalue weighted by Crippen LogP contribution is -2.36. The zero-order valence-corrected chi connectivity index (χ0v) is 14.6. The second kappa shape index (κ2) is 7.77. The summed E-state index contributed by atoms with van der Waals surface area (Å²) >= 11 is 0. The number of benzene rings is 1. The van der Waals surface area contributed by atoms with Gasteiger partial charge in [0.25, 0.3) is 0 Å². The lowest BCUT2D eigenvalue weighted by Gasteiger charge is -2.23. The third-order valence-corrected chi connectivity index (χ3v) is 4.45. The first-order valence-corrected chi connectivity index (χ1v) is 8.47. The van der Waals surface area contributed by atoms with Gasteiger partial charge in [0.05, 0.1) is 5.71 Å². The summed E-state index contributed by atoms with van der Waals surface area (Å²) < 4.78 is 0. The summed E-state index contributed by atoms with van der Waals surface area (Å²) in [6, 6.07) is 9.52. The molecule has 22 heavy (non-hydrogen) atoms. The van der Waals surface area contributed by atoms with Crippen LogP contribution in [0, 0.1) is 5.92 Å². The van der Waals surface area contributed by atoms with Gasteiger partial charge in [-0.2, -0.15) is 0 Å². The molecule has 0 bridgehead atoms. The molecule has 0 saturated carbocycles. The lowest BCUT2D eigenvalue weighted by atomic mass is 9.92. The third kappa shape index (κ3) is 4.84.